The van der Waals surface area contributed by atoms with Gasteiger partial charge in [0.1, 0.15) is 0 Å². The third-order valence-electron chi connectivity index (χ3n) is 2.92. The van der Waals surface area contributed by atoms with Crippen LogP contribution in [0.2, 0.25) is 5.02 Å². The molecule has 3 heteroatoms. The summed E-state index contributed by atoms with van der Waals surface area (Å²) >= 11 is 6.03. The van der Waals surface area contributed by atoms with Crippen molar-refractivity contribution < 1.29 is 0 Å². The molecule has 0 aliphatic heterocycles. The van der Waals surface area contributed by atoms with Crippen molar-refractivity contribution in [2.75, 3.05) is 6.54 Å². The zero-order chi connectivity index (χ0) is 11.5. The first-order valence-corrected chi connectivity index (χ1v) is 6.11. The van der Waals surface area contributed by atoms with Gasteiger partial charge in [-0.25, -0.2) is 0 Å². The maximum absolute atomic E-state index is 6.03. The molecule has 0 radical (unpaired) electrons. The van der Waals surface area contributed by atoms with Gasteiger partial charge < -0.3 is 10.3 Å². The van der Waals surface area contributed by atoms with E-state index in [0.29, 0.717) is 0 Å². The van der Waals surface area contributed by atoms with Crippen molar-refractivity contribution in [3.8, 4) is 0 Å². The molecule has 0 unspecified atom stereocenters. The summed E-state index contributed by atoms with van der Waals surface area (Å²) in [5.74, 6) is 0. The zero-order valence-electron chi connectivity index (χ0n) is 9.54. The van der Waals surface area contributed by atoms with Gasteiger partial charge in [-0.1, -0.05) is 17.7 Å². The van der Waals surface area contributed by atoms with Gasteiger partial charge in [0, 0.05) is 28.7 Å². The van der Waals surface area contributed by atoms with E-state index in [1.807, 2.05) is 12.1 Å². The Labute approximate surface area is 101 Å². The van der Waals surface area contributed by atoms with E-state index in [9.17, 15) is 0 Å². The molecular weight excluding hydrogens is 220 g/mol. The number of hydrogen-bond acceptors (Lipinski definition) is 1. The molecule has 0 saturated carbocycles. The Morgan fingerprint density at radius 3 is 2.88 bits per heavy atom. The molecule has 0 amide bonds. The molecule has 2 rings (SSSR count). The first kappa shape index (κ1) is 11.5. The molecule has 0 aliphatic rings. The number of halogens is 1. The second-order valence-electron chi connectivity index (χ2n) is 3.99. The highest BCUT2D eigenvalue weighted by Gasteiger charge is 2.07. The van der Waals surface area contributed by atoms with E-state index >= 15 is 0 Å². The van der Waals surface area contributed by atoms with Crippen molar-refractivity contribution in [1.29, 1.82) is 0 Å². The zero-order valence-corrected chi connectivity index (χ0v) is 10.3. The number of aromatic nitrogens is 1. The smallest absolute Gasteiger partial charge is 0.0497 e. The average molecular weight is 237 g/mol. The average Bonchev–Trinajstić information content (AvgIpc) is 2.63. The summed E-state index contributed by atoms with van der Waals surface area (Å²) in [6.45, 7) is 3.86. The third kappa shape index (κ3) is 2.08. The van der Waals surface area contributed by atoms with Gasteiger partial charge in [-0.05, 0) is 44.0 Å². The van der Waals surface area contributed by atoms with Crippen molar-refractivity contribution in [3.63, 3.8) is 0 Å². The van der Waals surface area contributed by atoms with E-state index in [1.165, 1.54) is 16.5 Å². The third-order valence-corrected chi connectivity index (χ3v) is 3.15. The number of aryl methyl sites for hydroxylation is 2. The van der Waals surface area contributed by atoms with Crippen molar-refractivity contribution >= 4 is 22.5 Å². The summed E-state index contributed by atoms with van der Waals surface area (Å²) in [6.07, 6.45) is 4.30. The predicted molar refractivity (Wildman–Crippen MR) is 70.0 cm³/mol. The standard InChI is InChI=1S/C13H17ClN2/c1-2-16-9-10(4-3-7-15)12-6-5-11(14)8-13(12)16/h5-6,8-9H,2-4,7,15H2,1H3. The molecule has 2 nitrogen and oxygen atoms in total. The fourth-order valence-corrected chi connectivity index (χ4v) is 2.26. The lowest BCUT2D eigenvalue weighted by atomic mass is 10.1. The molecule has 1 aromatic heterocycles. The van der Waals surface area contributed by atoms with Gasteiger partial charge in [-0.3, -0.25) is 0 Å². The Hall–Kier alpha value is -0.990. The van der Waals surface area contributed by atoms with E-state index < -0.39 is 0 Å². The summed E-state index contributed by atoms with van der Waals surface area (Å²) in [7, 11) is 0. The molecule has 0 saturated heterocycles. The lowest BCUT2D eigenvalue weighted by molar-refractivity contribution is 0.781. The summed E-state index contributed by atoms with van der Waals surface area (Å²) in [5, 5.41) is 2.10. The second kappa shape index (κ2) is 4.89. The lowest BCUT2D eigenvalue weighted by Gasteiger charge is -1.99. The van der Waals surface area contributed by atoms with Crippen LogP contribution in [0.15, 0.2) is 24.4 Å². The van der Waals surface area contributed by atoms with E-state index in [2.05, 4.69) is 23.8 Å². The number of hydrogen-bond donors (Lipinski definition) is 1. The highest BCUT2D eigenvalue weighted by Crippen LogP contribution is 2.25. The molecule has 0 spiro atoms. The predicted octanol–water partition coefficient (Wildman–Crippen LogP) is 3.21. The maximum Gasteiger partial charge on any atom is 0.0497 e. The molecule has 2 N–H and O–H groups in total. The van der Waals surface area contributed by atoms with Crippen molar-refractivity contribution in [2.45, 2.75) is 26.3 Å². The molecule has 1 heterocycles. The molecule has 86 valence electrons. The van der Waals surface area contributed by atoms with Gasteiger partial charge >= 0.3 is 0 Å². The number of nitrogens with zero attached hydrogens (tertiary/aromatic N) is 1. The largest absolute Gasteiger partial charge is 0.347 e. The summed E-state index contributed by atoms with van der Waals surface area (Å²) in [5.41, 5.74) is 8.15. The van der Waals surface area contributed by atoms with Crippen LogP contribution in [0.1, 0.15) is 18.9 Å². The first-order chi connectivity index (χ1) is 7.76. The number of fused-ring (bicyclic) bond motifs is 1. The van der Waals surface area contributed by atoms with Crippen LogP contribution in [-0.4, -0.2) is 11.1 Å². The van der Waals surface area contributed by atoms with E-state index in [4.69, 9.17) is 17.3 Å². The van der Waals surface area contributed by atoms with Gasteiger partial charge in [0.2, 0.25) is 0 Å². The quantitative estimate of drug-likeness (QED) is 0.869. The van der Waals surface area contributed by atoms with Gasteiger partial charge in [-0.2, -0.15) is 0 Å². The van der Waals surface area contributed by atoms with Crippen LogP contribution in [0, 0.1) is 0 Å². The highest BCUT2D eigenvalue weighted by atomic mass is 35.5. The monoisotopic (exact) mass is 236 g/mol. The molecular formula is C13H17ClN2. The highest BCUT2D eigenvalue weighted by molar-refractivity contribution is 6.31. The first-order valence-electron chi connectivity index (χ1n) is 5.73. The SMILES string of the molecule is CCn1cc(CCCN)c2ccc(Cl)cc21. The van der Waals surface area contributed by atoms with Crippen molar-refractivity contribution in [2.24, 2.45) is 5.73 Å². The molecule has 1 aromatic carbocycles. The van der Waals surface area contributed by atoms with Crippen LogP contribution in [0.4, 0.5) is 0 Å². The Morgan fingerprint density at radius 1 is 1.38 bits per heavy atom. The van der Waals surface area contributed by atoms with Gasteiger partial charge in [0.05, 0.1) is 0 Å². The molecule has 0 aliphatic carbocycles. The summed E-state index contributed by atoms with van der Waals surface area (Å²) in [4.78, 5) is 0. The van der Waals surface area contributed by atoms with E-state index in [0.717, 1.165) is 31.0 Å². The number of benzene rings is 1. The minimum atomic E-state index is 0.742. The number of nitrogens with two attached hydrogens (primary N) is 1. The van der Waals surface area contributed by atoms with Crippen molar-refractivity contribution in [3.05, 3.63) is 35.0 Å². The van der Waals surface area contributed by atoms with Crippen LogP contribution in [0.3, 0.4) is 0 Å². The van der Waals surface area contributed by atoms with Crippen LogP contribution in [-0.2, 0) is 13.0 Å². The van der Waals surface area contributed by atoms with Crippen LogP contribution >= 0.6 is 11.6 Å². The fraction of sp³-hybridized carbons (Fsp3) is 0.385. The van der Waals surface area contributed by atoms with Crippen molar-refractivity contribution in [1.82, 2.24) is 4.57 Å². The molecule has 2 aromatic rings. The van der Waals surface area contributed by atoms with Gasteiger partial charge in [-0.15, -0.1) is 0 Å². The summed E-state index contributed by atoms with van der Waals surface area (Å²) < 4.78 is 2.24. The Morgan fingerprint density at radius 2 is 2.19 bits per heavy atom. The minimum Gasteiger partial charge on any atom is -0.347 e. The normalized spacial score (nSPS) is 11.2. The van der Waals surface area contributed by atoms with E-state index in [1.54, 1.807) is 0 Å². The second-order valence-corrected chi connectivity index (χ2v) is 4.43. The van der Waals surface area contributed by atoms with Gasteiger partial charge in [0.25, 0.3) is 0 Å². The summed E-state index contributed by atoms with van der Waals surface area (Å²) in [6, 6.07) is 6.10. The topological polar surface area (TPSA) is 30.9 Å². The Balaban J connectivity index is 2.50. The van der Waals surface area contributed by atoms with E-state index in [-0.39, 0.29) is 0 Å². The lowest BCUT2D eigenvalue weighted by Crippen LogP contribution is -1.99. The number of rotatable bonds is 4. The molecule has 16 heavy (non-hydrogen) atoms. The minimum absolute atomic E-state index is 0.742. The van der Waals surface area contributed by atoms with Crippen LogP contribution < -0.4 is 5.73 Å². The van der Waals surface area contributed by atoms with Gasteiger partial charge in [0.15, 0.2) is 0 Å². The maximum atomic E-state index is 6.03. The fourth-order valence-electron chi connectivity index (χ4n) is 2.09. The molecule has 0 fully saturated rings. The van der Waals surface area contributed by atoms with Crippen LogP contribution in [0.5, 0.6) is 0 Å². The van der Waals surface area contributed by atoms with Crippen LogP contribution in [0.25, 0.3) is 10.9 Å². The Bertz CT molecular complexity index is 488. The molecule has 0 atom stereocenters. The Kier molecular flexibility index (Phi) is 3.52. The molecule has 0 bridgehead atoms.